The van der Waals surface area contributed by atoms with Gasteiger partial charge in [0.2, 0.25) is 5.95 Å². The second-order valence-corrected chi connectivity index (χ2v) is 6.60. The van der Waals surface area contributed by atoms with E-state index in [9.17, 15) is 0 Å². The molecule has 3 heterocycles. The van der Waals surface area contributed by atoms with Crippen LogP contribution in [-0.4, -0.2) is 34.7 Å². The molecule has 1 aromatic heterocycles. The van der Waals surface area contributed by atoms with Crippen LogP contribution in [0.25, 0.3) is 0 Å². The quantitative estimate of drug-likeness (QED) is 0.906. The minimum atomic E-state index is 0.661. The van der Waals surface area contributed by atoms with Crippen LogP contribution in [0.4, 0.5) is 5.95 Å². The summed E-state index contributed by atoms with van der Waals surface area (Å²) < 4.78 is 2.35. The molecule has 2 fully saturated rings. The largest absolute Gasteiger partial charge is 0.341 e. The van der Waals surface area contributed by atoms with E-state index in [1.54, 1.807) is 0 Å². The van der Waals surface area contributed by atoms with Gasteiger partial charge in [-0.3, -0.25) is 0 Å². The molecule has 1 aromatic rings. The number of anilines is 1. The molecule has 0 amide bonds. The van der Waals surface area contributed by atoms with Crippen molar-refractivity contribution >= 4 is 5.95 Å². The van der Waals surface area contributed by atoms with Crippen molar-refractivity contribution in [3.05, 3.63) is 11.9 Å². The van der Waals surface area contributed by atoms with Crippen LogP contribution < -0.4 is 10.2 Å². The van der Waals surface area contributed by atoms with Gasteiger partial charge in [-0.25, -0.2) is 4.98 Å². The molecule has 0 saturated carbocycles. The topological polar surface area (TPSA) is 33.1 Å². The molecular weight excluding hydrogens is 236 g/mol. The van der Waals surface area contributed by atoms with E-state index in [1.165, 1.54) is 25.2 Å². The van der Waals surface area contributed by atoms with Crippen LogP contribution in [0.3, 0.4) is 0 Å². The summed E-state index contributed by atoms with van der Waals surface area (Å²) in [5.74, 6) is 1.84. The maximum atomic E-state index is 4.77. The summed E-state index contributed by atoms with van der Waals surface area (Å²) in [6.07, 6.45) is 6.14. The molecule has 106 valence electrons. The van der Waals surface area contributed by atoms with Crippen molar-refractivity contribution in [1.82, 2.24) is 14.9 Å². The average molecular weight is 262 g/mol. The lowest BCUT2D eigenvalue weighted by molar-refractivity contribution is 0.511. The fraction of sp³-hybridized carbons (Fsp3) is 0.800. The third-order valence-corrected chi connectivity index (χ3v) is 4.24. The average Bonchev–Trinajstić information content (AvgIpc) is 2.82. The molecule has 2 aliphatic rings. The zero-order valence-electron chi connectivity index (χ0n) is 12.4. The van der Waals surface area contributed by atoms with E-state index < -0.39 is 0 Å². The van der Waals surface area contributed by atoms with Gasteiger partial charge in [0, 0.05) is 37.9 Å². The number of fused-ring (bicyclic) bond motifs is 2. The number of hydrogen-bond acceptors (Lipinski definition) is 3. The first-order valence-electron chi connectivity index (χ1n) is 7.66. The summed E-state index contributed by atoms with van der Waals surface area (Å²) in [4.78, 5) is 7.27. The Kier molecular flexibility index (Phi) is 3.52. The van der Waals surface area contributed by atoms with E-state index in [4.69, 9.17) is 4.98 Å². The SMILES string of the molecule is Cc1cn(CC(C)C)c(N2CCC3CCC(C2)N3)n1. The highest BCUT2D eigenvalue weighted by molar-refractivity contribution is 5.34. The lowest BCUT2D eigenvalue weighted by Gasteiger charge is -2.26. The zero-order valence-corrected chi connectivity index (χ0v) is 12.4. The van der Waals surface area contributed by atoms with Crippen LogP contribution >= 0.6 is 0 Å². The van der Waals surface area contributed by atoms with Gasteiger partial charge < -0.3 is 14.8 Å². The number of hydrogen-bond donors (Lipinski definition) is 1. The molecule has 4 nitrogen and oxygen atoms in total. The maximum Gasteiger partial charge on any atom is 0.205 e. The molecule has 2 unspecified atom stereocenters. The molecule has 1 N–H and O–H groups in total. The highest BCUT2D eigenvalue weighted by Crippen LogP contribution is 2.24. The number of nitrogens with one attached hydrogen (secondary N) is 1. The Labute approximate surface area is 116 Å². The molecule has 4 heteroatoms. The molecule has 2 aliphatic heterocycles. The van der Waals surface area contributed by atoms with Gasteiger partial charge in [0.1, 0.15) is 0 Å². The fourth-order valence-corrected chi connectivity index (χ4v) is 3.44. The van der Waals surface area contributed by atoms with E-state index >= 15 is 0 Å². The minimum Gasteiger partial charge on any atom is -0.341 e. The van der Waals surface area contributed by atoms with Crippen LogP contribution in [-0.2, 0) is 6.54 Å². The van der Waals surface area contributed by atoms with Crippen LogP contribution in [0, 0.1) is 12.8 Å². The Morgan fingerprint density at radius 1 is 1.32 bits per heavy atom. The van der Waals surface area contributed by atoms with E-state index in [0.29, 0.717) is 12.0 Å². The number of imidazole rings is 1. The Morgan fingerprint density at radius 2 is 2.11 bits per heavy atom. The molecule has 3 rings (SSSR count). The third-order valence-electron chi connectivity index (χ3n) is 4.24. The number of nitrogens with zero attached hydrogens (tertiary/aromatic N) is 3. The molecule has 0 radical (unpaired) electrons. The van der Waals surface area contributed by atoms with Crippen molar-refractivity contribution in [2.45, 2.75) is 58.7 Å². The Balaban J connectivity index is 1.80. The molecule has 2 atom stereocenters. The summed E-state index contributed by atoms with van der Waals surface area (Å²) in [5, 5.41) is 3.74. The predicted molar refractivity (Wildman–Crippen MR) is 78.6 cm³/mol. The summed E-state index contributed by atoms with van der Waals surface area (Å²) in [7, 11) is 0. The monoisotopic (exact) mass is 262 g/mol. The summed E-state index contributed by atoms with van der Waals surface area (Å²) in [6.45, 7) is 9.96. The molecule has 0 aliphatic carbocycles. The van der Waals surface area contributed by atoms with Gasteiger partial charge in [-0.05, 0) is 32.1 Å². The first kappa shape index (κ1) is 13.0. The lowest BCUT2D eigenvalue weighted by atomic mass is 10.1. The first-order valence-corrected chi connectivity index (χ1v) is 7.66. The van der Waals surface area contributed by atoms with Gasteiger partial charge in [0.15, 0.2) is 0 Å². The molecule has 19 heavy (non-hydrogen) atoms. The van der Waals surface area contributed by atoms with Gasteiger partial charge in [-0.1, -0.05) is 13.8 Å². The minimum absolute atomic E-state index is 0.661. The standard InChI is InChI=1S/C15H26N4/c1-11(2)8-19-9-12(3)16-15(19)18-7-6-13-4-5-14(10-18)17-13/h9,11,13-14,17H,4-8,10H2,1-3H3. The maximum absolute atomic E-state index is 4.77. The van der Waals surface area contributed by atoms with Crippen LogP contribution in [0.5, 0.6) is 0 Å². The van der Waals surface area contributed by atoms with Gasteiger partial charge in [-0.2, -0.15) is 0 Å². The number of rotatable bonds is 3. The van der Waals surface area contributed by atoms with Crippen molar-refractivity contribution in [1.29, 1.82) is 0 Å². The molecule has 0 aromatic carbocycles. The predicted octanol–water partition coefficient (Wildman–Crippen LogP) is 2.18. The van der Waals surface area contributed by atoms with Gasteiger partial charge in [0.25, 0.3) is 0 Å². The smallest absolute Gasteiger partial charge is 0.205 e. The van der Waals surface area contributed by atoms with Crippen molar-refractivity contribution in [3.63, 3.8) is 0 Å². The second-order valence-electron chi connectivity index (χ2n) is 6.60. The summed E-state index contributed by atoms with van der Waals surface area (Å²) in [5.41, 5.74) is 1.14. The van der Waals surface area contributed by atoms with Gasteiger partial charge >= 0.3 is 0 Å². The first-order chi connectivity index (χ1) is 9.11. The van der Waals surface area contributed by atoms with Crippen molar-refractivity contribution in [3.8, 4) is 0 Å². The second kappa shape index (κ2) is 5.16. The molecular formula is C15H26N4. The van der Waals surface area contributed by atoms with Crippen LogP contribution in [0.15, 0.2) is 6.20 Å². The third kappa shape index (κ3) is 2.78. The Bertz CT molecular complexity index is 437. The number of aryl methyl sites for hydroxylation is 1. The van der Waals surface area contributed by atoms with Crippen molar-refractivity contribution in [2.75, 3.05) is 18.0 Å². The summed E-state index contributed by atoms with van der Waals surface area (Å²) >= 11 is 0. The van der Waals surface area contributed by atoms with Gasteiger partial charge in [-0.15, -0.1) is 0 Å². The normalized spacial score (nSPS) is 27.1. The fourth-order valence-electron chi connectivity index (χ4n) is 3.44. The summed E-state index contributed by atoms with van der Waals surface area (Å²) in [6, 6.07) is 1.40. The van der Waals surface area contributed by atoms with Gasteiger partial charge in [0.05, 0.1) is 5.69 Å². The zero-order chi connectivity index (χ0) is 13.4. The Morgan fingerprint density at radius 3 is 2.89 bits per heavy atom. The molecule has 2 bridgehead atoms. The van der Waals surface area contributed by atoms with Crippen molar-refractivity contribution < 1.29 is 0 Å². The molecule has 2 saturated heterocycles. The molecule has 0 spiro atoms. The van der Waals surface area contributed by atoms with Crippen molar-refractivity contribution in [2.24, 2.45) is 5.92 Å². The Hall–Kier alpha value is -1.03. The lowest BCUT2D eigenvalue weighted by Crippen LogP contribution is -2.36. The van der Waals surface area contributed by atoms with E-state index in [-0.39, 0.29) is 0 Å². The number of aromatic nitrogens is 2. The highest BCUT2D eigenvalue weighted by Gasteiger charge is 2.30. The van der Waals surface area contributed by atoms with E-state index in [2.05, 4.69) is 41.8 Å². The van der Waals surface area contributed by atoms with E-state index in [1.807, 2.05) is 0 Å². The van der Waals surface area contributed by atoms with E-state index in [0.717, 1.165) is 31.4 Å². The van der Waals surface area contributed by atoms with Crippen LogP contribution in [0.1, 0.15) is 38.8 Å². The highest BCUT2D eigenvalue weighted by atomic mass is 15.3. The van der Waals surface area contributed by atoms with Crippen LogP contribution in [0.2, 0.25) is 0 Å².